The third-order valence-corrected chi connectivity index (χ3v) is 3.98. The fraction of sp³-hybridized carbons (Fsp3) is 0.500. The van der Waals surface area contributed by atoms with E-state index in [1.807, 2.05) is 0 Å². The number of ether oxygens (including phenoxy) is 1. The second-order valence-electron chi connectivity index (χ2n) is 4.71. The molecule has 5 heteroatoms. The summed E-state index contributed by atoms with van der Waals surface area (Å²) in [6.07, 6.45) is 0. The van der Waals surface area contributed by atoms with Crippen molar-refractivity contribution in [2.75, 3.05) is 45.7 Å². The molecule has 2 aromatic rings. The molecular weight excluding hydrogens is 258 g/mol. The second-order valence-corrected chi connectivity index (χ2v) is 5.74. The van der Waals surface area contributed by atoms with Crippen LogP contribution in [0.15, 0.2) is 18.2 Å². The molecule has 1 aromatic heterocycles. The number of likely N-dealkylation sites (N-methyl/N-ethyl adjacent to an activating group) is 1. The average Bonchev–Trinajstić information content (AvgIpc) is 2.78. The molecule has 0 atom stereocenters. The lowest BCUT2D eigenvalue weighted by molar-refractivity contribution is 0.163. The molecule has 1 aromatic carbocycles. The van der Waals surface area contributed by atoms with E-state index in [1.54, 1.807) is 18.4 Å². The molecule has 0 fully saturated rings. The van der Waals surface area contributed by atoms with Gasteiger partial charge in [0.15, 0.2) is 5.13 Å². The molecule has 0 spiro atoms. The standard InChI is InChI=1S/C14H21N3OS/c1-11-4-5-13-12(10-11)16-14(19-13)15-6-7-17(2)8-9-18-3/h4-5,10H,6-9H2,1-3H3,(H,15,16). The highest BCUT2D eigenvalue weighted by molar-refractivity contribution is 7.22. The van der Waals surface area contributed by atoms with Gasteiger partial charge in [-0.25, -0.2) is 4.98 Å². The van der Waals surface area contributed by atoms with Crippen molar-refractivity contribution in [3.05, 3.63) is 23.8 Å². The van der Waals surface area contributed by atoms with Crippen LogP contribution < -0.4 is 5.32 Å². The molecule has 0 saturated carbocycles. The summed E-state index contributed by atoms with van der Waals surface area (Å²) in [5, 5.41) is 4.39. The summed E-state index contributed by atoms with van der Waals surface area (Å²) in [7, 11) is 3.83. The van der Waals surface area contributed by atoms with E-state index in [0.29, 0.717) is 0 Å². The lowest BCUT2D eigenvalue weighted by Crippen LogP contribution is -2.28. The number of thiazole rings is 1. The van der Waals surface area contributed by atoms with Gasteiger partial charge >= 0.3 is 0 Å². The Balaban J connectivity index is 1.84. The number of anilines is 1. The van der Waals surface area contributed by atoms with Gasteiger partial charge in [-0.05, 0) is 31.7 Å². The number of aryl methyl sites for hydroxylation is 1. The van der Waals surface area contributed by atoms with E-state index in [1.165, 1.54) is 10.3 Å². The number of rotatable bonds is 7. The normalized spacial score (nSPS) is 11.4. The molecule has 1 heterocycles. The number of hydrogen-bond donors (Lipinski definition) is 1. The van der Waals surface area contributed by atoms with Crippen LogP contribution in [-0.4, -0.2) is 50.3 Å². The highest BCUT2D eigenvalue weighted by Crippen LogP contribution is 2.26. The zero-order valence-corrected chi connectivity index (χ0v) is 12.6. The average molecular weight is 279 g/mol. The van der Waals surface area contributed by atoms with Crippen LogP contribution in [0.3, 0.4) is 0 Å². The van der Waals surface area contributed by atoms with Crippen LogP contribution in [-0.2, 0) is 4.74 Å². The highest BCUT2D eigenvalue weighted by Gasteiger charge is 2.04. The first-order valence-corrected chi connectivity index (χ1v) is 7.29. The number of fused-ring (bicyclic) bond motifs is 1. The van der Waals surface area contributed by atoms with Gasteiger partial charge in [-0.2, -0.15) is 0 Å². The van der Waals surface area contributed by atoms with Gasteiger partial charge in [-0.15, -0.1) is 0 Å². The van der Waals surface area contributed by atoms with E-state index in [4.69, 9.17) is 4.74 Å². The van der Waals surface area contributed by atoms with E-state index in [9.17, 15) is 0 Å². The fourth-order valence-electron chi connectivity index (χ4n) is 1.83. The van der Waals surface area contributed by atoms with Gasteiger partial charge < -0.3 is 15.0 Å². The van der Waals surface area contributed by atoms with E-state index in [2.05, 4.69) is 47.4 Å². The predicted octanol–water partition coefficient (Wildman–Crippen LogP) is 2.59. The smallest absolute Gasteiger partial charge is 0.183 e. The van der Waals surface area contributed by atoms with Crippen LogP contribution in [0, 0.1) is 6.92 Å². The Kier molecular flexibility index (Phi) is 5.13. The quantitative estimate of drug-likeness (QED) is 0.845. The van der Waals surface area contributed by atoms with Gasteiger partial charge in [0.1, 0.15) is 0 Å². The molecular formula is C14H21N3OS. The third kappa shape index (κ3) is 4.16. The van der Waals surface area contributed by atoms with Gasteiger partial charge in [-0.1, -0.05) is 17.4 Å². The van der Waals surface area contributed by atoms with Crippen molar-refractivity contribution in [1.29, 1.82) is 0 Å². The van der Waals surface area contributed by atoms with Crippen molar-refractivity contribution < 1.29 is 4.74 Å². The number of benzene rings is 1. The summed E-state index contributed by atoms with van der Waals surface area (Å²) < 4.78 is 6.29. The van der Waals surface area contributed by atoms with Crippen molar-refractivity contribution in [3.63, 3.8) is 0 Å². The molecule has 0 unspecified atom stereocenters. The zero-order chi connectivity index (χ0) is 13.7. The fourth-order valence-corrected chi connectivity index (χ4v) is 2.70. The monoisotopic (exact) mass is 279 g/mol. The summed E-state index contributed by atoms with van der Waals surface area (Å²) in [6, 6.07) is 6.39. The molecule has 104 valence electrons. The Hall–Kier alpha value is -1.17. The minimum absolute atomic E-state index is 0.775. The van der Waals surface area contributed by atoms with Crippen molar-refractivity contribution >= 4 is 26.7 Å². The Morgan fingerprint density at radius 3 is 3.00 bits per heavy atom. The number of nitrogens with zero attached hydrogens (tertiary/aromatic N) is 2. The predicted molar refractivity (Wildman–Crippen MR) is 82.2 cm³/mol. The van der Waals surface area contributed by atoms with Crippen molar-refractivity contribution in [3.8, 4) is 0 Å². The lowest BCUT2D eigenvalue weighted by atomic mass is 10.2. The summed E-state index contributed by atoms with van der Waals surface area (Å²) >= 11 is 1.71. The molecule has 19 heavy (non-hydrogen) atoms. The molecule has 0 aliphatic carbocycles. The molecule has 0 aliphatic heterocycles. The molecule has 0 radical (unpaired) electrons. The summed E-state index contributed by atoms with van der Waals surface area (Å²) in [4.78, 5) is 6.84. The number of nitrogens with one attached hydrogen (secondary N) is 1. The van der Waals surface area contributed by atoms with Crippen LogP contribution in [0.5, 0.6) is 0 Å². The maximum absolute atomic E-state index is 5.06. The SMILES string of the molecule is COCCN(C)CCNc1nc2cc(C)ccc2s1. The van der Waals surface area contributed by atoms with Crippen molar-refractivity contribution in [1.82, 2.24) is 9.88 Å². The molecule has 0 bridgehead atoms. The Morgan fingerprint density at radius 1 is 1.37 bits per heavy atom. The van der Waals surface area contributed by atoms with Gasteiger partial charge in [-0.3, -0.25) is 0 Å². The highest BCUT2D eigenvalue weighted by atomic mass is 32.1. The lowest BCUT2D eigenvalue weighted by Gasteiger charge is -2.15. The summed E-state index contributed by atoms with van der Waals surface area (Å²) in [5.41, 5.74) is 2.34. The zero-order valence-electron chi connectivity index (χ0n) is 11.8. The third-order valence-electron chi connectivity index (χ3n) is 2.99. The van der Waals surface area contributed by atoms with Crippen LogP contribution in [0.25, 0.3) is 10.2 Å². The van der Waals surface area contributed by atoms with Crippen LogP contribution in [0.1, 0.15) is 5.56 Å². The minimum atomic E-state index is 0.775. The Bertz CT molecular complexity index is 526. The first-order valence-electron chi connectivity index (χ1n) is 6.47. The van der Waals surface area contributed by atoms with Gasteiger partial charge in [0, 0.05) is 26.7 Å². The summed E-state index contributed by atoms with van der Waals surface area (Å²) in [6.45, 7) is 5.71. The molecule has 2 rings (SSSR count). The maximum atomic E-state index is 5.06. The molecule has 0 aliphatic rings. The number of methoxy groups -OCH3 is 1. The largest absolute Gasteiger partial charge is 0.383 e. The first-order chi connectivity index (χ1) is 9.19. The number of aromatic nitrogens is 1. The molecule has 4 nitrogen and oxygen atoms in total. The van der Waals surface area contributed by atoms with Gasteiger partial charge in [0.05, 0.1) is 16.8 Å². The molecule has 0 amide bonds. The maximum Gasteiger partial charge on any atom is 0.183 e. The molecule has 0 saturated heterocycles. The molecule has 1 N–H and O–H groups in total. The van der Waals surface area contributed by atoms with Gasteiger partial charge in [0.25, 0.3) is 0 Å². The van der Waals surface area contributed by atoms with Crippen molar-refractivity contribution in [2.45, 2.75) is 6.92 Å². The van der Waals surface area contributed by atoms with Crippen molar-refractivity contribution in [2.24, 2.45) is 0 Å². The Labute approximate surface area is 118 Å². The van der Waals surface area contributed by atoms with E-state index in [-0.39, 0.29) is 0 Å². The van der Waals surface area contributed by atoms with Crippen LogP contribution >= 0.6 is 11.3 Å². The number of hydrogen-bond acceptors (Lipinski definition) is 5. The van der Waals surface area contributed by atoms with Crippen LogP contribution in [0.2, 0.25) is 0 Å². The van der Waals surface area contributed by atoms with Crippen LogP contribution in [0.4, 0.5) is 5.13 Å². The topological polar surface area (TPSA) is 37.4 Å². The minimum Gasteiger partial charge on any atom is -0.383 e. The second kappa shape index (κ2) is 6.84. The summed E-state index contributed by atoms with van der Waals surface area (Å²) in [5.74, 6) is 0. The Morgan fingerprint density at radius 2 is 2.21 bits per heavy atom. The van der Waals surface area contributed by atoms with E-state index >= 15 is 0 Å². The van der Waals surface area contributed by atoms with E-state index < -0.39 is 0 Å². The first kappa shape index (κ1) is 14.2. The van der Waals surface area contributed by atoms with E-state index in [0.717, 1.165) is 36.9 Å². The van der Waals surface area contributed by atoms with Gasteiger partial charge in [0.2, 0.25) is 0 Å².